The third-order valence-corrected chi connectivity index (χ3v) is 7.23. The normalized spacial score (nSPS) is 15.0. The van der Waals surface area contributed by atoms with E-state index in [0.29, 0.717) is 29.7 Å². The monoisotopic (exact) mass is 457 g/mol. The summed E-state index contributed by atoms with van der Waals surface area (Å²) in [4.78, 5) is 24.6. The van der Waals surface area contributed by atoms with Crippen molar-refractivity contribution in [3.8, 4) is 0 Å². The van der Waals surface area contributed by atoms with E-state index in [1.54, 1.807) is 6.07 Å². The first-order chi connectivity index (χ1) is 15.4. The maximum absolute atomic E-state index is 12.9. The molecule has 1 aliphatic rings. The summed E-state index contributed by atoms with van der Waals surface area (Å²) < 4.78 is 42.9. The third kappa shape index (κ3) is 4.59. The van der Waals surface area contributed by atoms with E-state index in [2.05, 4.69) is 0 Å². The SMILES string of the molecule is CCc1ccc2c(COC(=O)c3cccc(S(=O)(=O)N4CCOCC4)c3)cc(=O)oc2c1. The Hall–Kier alpha value is -3.01. The summed E-state index contributed by atoms with van der Waals surface area (Å²) in [5.74, 6) is -0.685. The fraction of sp³-hybridized carbons (Fsp3) is 0.304. The van der Waals surface area contributed by atoms with Gasteiger partial charge in [0, 0.05) is 30.1 Å². The maximum Gasteiger partial charge on any atom is 0.338 e. The number of hydrogen-bond donors (Lipinski definition) is 0. The molecule has 0 saturated carbocycles. The number of ether oxygens (including phenoxy) is 2. The quantitative estimate of drug-likeness (QED) is 0.414. The lowest BCUT2D eigenvalue weighted by Crippen LogP contribution is -2.40. The van der Waals surface area contributed by atoms with Gasteiger partial charge in [-0.05, 0) is 36.2 Å². The number of fused-ring (bicyclic) bond motifs is 1. The largest absolute Gasteiger partial charge is 0.457 e. The van der Waals surface area contributed by atoms with Gasteiger partial charge in [-0.1, -0.05) is 25.1 Å². The molecule has 0 N–H and O–H groups in total. The average molecular weight is 458 g/mol. The summed E-state index contributed by atoms with van der Waals surface area (Å²) in [7, 11) is -3.73. The topological polar surface area (TPSA) is 103 Å². The van der Waals surface area contributed by atoms with E-state index >= 15 is 0 Å². The summed E-state index contributed by atoms with van der Waals surface area (Å²) in [6.07, 6.45) is 0.794. The summed E-state index contributed by atoms with van der Waals surface area (Å²) in [5, 5.41) is 0.679. The third-order valence-electron chi connectivity index (χ3n) is 5.34. The molecular formula is C23H23NO7S. The van der Waals surface area contributed by atoms with Crippen LogP contribution in [-0.2, 0) is 32.5 Å². The molecule has 0 amide bonds. The first kappa shape index (κ1) is 22.2. The molecule has 8 nitrogen and oxygen atoms in total. The highest BCUT2D eigenvalue weighted by molar-refractivity contribution is 7.89. The van der Waals surface area contributed by atoms with Crippen LogP contribution in [0.3, 0.4) is 0 Å². The molecular weight excluding hydrogens is 434 g/mol. The van der Waals surface area contributed by atoms with E-state index in [1.165, 1.54) is 34.6 Å². The summed E-state index contributed by atoms with van der Waals surface area (Å²) in [6.45, 7) is 3.05. The molecule has 0 bridgehead atoms. The van der Waals surface area contributed by atoms with Gasteiger partial charge < -0.3 is 13.9 Å². The molecule has 3 aromatic rings. The number of morpholine rings is 1. The van der Waals surface area contributed by atoms with E-state index < -0.39 is 21.6 Å². The smallest absolute Gasteiger partial charge is 0.338 e. The zero-order chi connectivity index (χ0) is 22.7. The van der Waals surface area contributed by atoms with Gasteiger partial charge in [-0.25, -0.2) is 18.0 Å². The molecule has 1 saturated heterocycles. The van der Waals surface area contributed by atoms with Crippen molar-refractivity contribution in [1.82, 2.24) is 4.31 Å². The van der Waals surface area contributed by atoms with Crippen LogP contribution in [0.25, 0.3) is 11.0 Å². The Morgan fingerprint density at radius 3 is 2.62 bits per heavy atom. The second-order valence-electron chi connectivity index (χ2n) is 7.40. The molecule has 0 unspecified atom stereocenters. The standard InChI is InChI=1S/C23H23NO7S/c1-2-16-6-7-20-18(14-22(25)31-21(20)12-16)15-30-23(26)17-4-3-5-19(13-17)32(27,28)24-8-10-29-11-9-24/h3-7,12-14H,2,8-11,15H2,1H3. The Morgan fingerprint density at radius 1 is 1.09 bits per heavy atom. The molecule has 1 aliphatic heterocycles. The Balaban J connectivity index is 1.54. The zero-order valence-corrected chi connectivity index (χ0v) is 18.4. The number of rotatable bonds is 6. The Kier molecular flexibility index (Phi) is 6.40. The number of sulfonamides is 1. The highest BCUT2D eigenvalue weighted by Crippen LogP contribution is 2.22. The summed E-state index contributed by atoms with van der Waals surface area (Å²) in [5.41, 5.74) is 1.55. The average Bonchev–Trinajstić information content (AvgIpc) is 2.82. The second kappa shape index (κ2) is 9.23. The van der Waals surface area contributed by atoms with Crippen LogP contribution >= 0.6 is 0 Å². The van der Waals surface area contributed by atoms with Crippen LogP contribution in [0.15, 0.2) is 62.6 Å². The number of carbonyl (C=O) groups is 1. The van der Waals surface area contributed by atoms with Crippen molar-refractivity contribution in [2.75, 3.05) is 26.3 Å². The van der Waals surface area contributed by atoms with Gasteiger partial charge in [0.25, 0.3) is 0 Å². The minimum atomic E-state index is -3.73. The van der Waals surface area contributed by atoms with Gasteiger partial charge in [0.2, 0.25) is 10.0 Å². The molecule has 2 heterocycles. The van der Waals surface area contributed by atoms with Gasteiger partial charge in [0.05, 0.1) is 23.7 Å². The summed E-state index contributed by atoms with van der Waals surface area (Å²) in [6, 6.07) is 12.6. The molecule has 0 aliphatic carbocycles. The maximum atomic E-state index is 12.9. The van der Waals surface area contributed by atoms with Crippen molar-refractivity contribution < 1.29 is 27.1 Å². The minimum absolute atomic E-state index is 0.0201. The summed E-state index contributed by atoms with van der Waals surface area (Å²) >= 11 is 0. The predicted octanol–water partition coefficient (Wildman–Crippen LogP) is 2.73. The molecule has 9 heteroatoms. The minimum Gasteiger partial charge on any atom is -0.457 e. The number of esters is 1. The molecule has 1 aromatic heterocycles. The first-order valence-corrected chi connectivity index (χ1v) is 11.7. The van der Waals surface area contributed by atoms with Gasteiger partial charge in [0.1, 0.15) is 12.2 Å². The lowest BCUT2D eigenvalue weighted by molar-refractivity contribution is 0.0473. The van der Waals surface area contributed by atoms with Gasteiger partial charge in [0.15, 0.2) is 0 Å². The Morgan fingerprint density at radius 2 is 1.88 bits per heavy atom. The van der Waals surface area contributed by atoms with Crippen LogP contribution < -0.4 is 5.63 Å². The molecule has 32 heavy (non-hydrogen) atoms. The molecule has 0 spiro atoms. The van der Waals surface area contributed by atoms with Crippen molar-refractivity contribution in [2.24, 2.45) is 0 Å². The molecule has 0 radical (unpaired) electrons. The van der Waals surface area contributed by atoms with Crippen LogP contribution in [0, 0.1) is 0 Å². The zero-order valence-electron chi connectivity index (χ0n) is 17.6. The van der Waals surface area contributed by atoms with E-state index in [-0.39, 0.29) is 30.2 Å². The van der Waals surface area contributed by atoms with E-state index in [1.807, 2.05) is 19.1 Å². The lowest BCUT2D eigenvalue weighted by Gasteiger charge is -2.26. The number of aryl methyl sites for hydroxylation is 1. The Labute approximate surface area is 185 Å². The van der Waals surface area contributed by atoms with Crippen molar-refractivity contribution in [3.63, 3.8) is 0 Å². The number of nitrogens with zero attached hydrogens (tertiary/aromatic N) is 1. The van der Waals surface area contributed by atoms with Crippen molar-refractivity contribution in [1.29, 1.82) is 0 Å². The van der Waals surface area contributed by atoms with Gasteiger partial charge in [-0.3, -0.25) is 0 Å². The van der Waals surface area contributed by atoms with Gasteiger partial charge >= 0.3 is 11.6 Å². The second-order valence-corrected chi connectivity index (χ2v) is 9.33. The van der Waals surface area contributed by atoms with E-state index in [9.17, 15) is 18.0 Å². The van der Waals surface area contributed by atoms with E-state index in [0.717, 1.165) is 12.0 Å². The van der Waals surface area contributed by atoms with Gasteiger partial charge in [-0.2, -0.15) is 4.31 Å². The molecule has 1 fully saturated rings. The van der Waals surface area contributed by atoms with Crippen LogP contribution in [0.4, 0.5) is 0 Å². The molecule has 4 rings (SSSR count). The first-order valence-electron chi connectivity index (χ1n) is 10.3. The number of hydrogen-bond acceptors (Lipinski definition) is 7. The van der Waals surface area contributed by atoms with Crippen molar-refractivity contribution >= 4 is 27.0 Å². The van der Waals surface area contributed by atoms with Gasteiger partial charge in [-0.15, -0.1) is 0 Å². The van der Waals surface area contributed by atoms with Crippen LogP contribution in [0.1, 0.15) is 28.4 Å². The predicted molar refractivity (Wildman–Crippen MR) is 117 cm³/mol. The number of carbonyl (C=O) groups excluding carboxylic acids is 1. The molecule has 2 aromatic carbocycles. The fourth-order valence-electron chi connectivity index (χ4n) is 3.56. The van der Waals surface area contributed by atoms with Crippen LogP contribution in [0.2, 0.25) is 0 Å². The van der Waals surface area contributed by atoms with Crippen molar-refractivity contribution in [2.45, 2.75) is 24.8 Å². The highest BCUT2D eigenvalue weighted by atomic mass is 32.2. The van der Waals surface area contributed by atoms with Crippen molar-refractivity contribution in [3.05, 3.63) is 75.6 Å². The van der Waals surface area contributed by atoms with Crippen LogP contribution in [-0.4, -0.2) is 45.0 Å². The Bertz CT molecular complexity index is 1310. The lowest BCUT2D eigenvalue weighted by atomic mass is 10.1. The fourth-order valence-corrected chi connectivity index (χ4v) is 5.01. The van der Waals surface area contributed by atoms with E-state index in [4.69, 9.17) is 13.9 Å². The number of benzene rings is 2. The molecule has 168 valence electrons. The molecule has 0 atom stereocenters. The highest BCUT2D eigenvalue weighted by Gasteiger charge is 2.27. The van der Waals surface area contributed by atoms with Crippen LogP contribution in [0.5, 0.6) is 0 Å².